The molecule has 0 bridgehead atoms. The second-order valence-electron chi connectivity index (χ2n) is 8.60. The second kappa shape index (κ2) is 8.28. The van der Waals surface area contributed by atoms with Crippen molar-refractivity contribution in [3.8, 4) is 33.9 Å². The Kier molecular flexibility index (Phi) is 4.95. The van der Waals surface area contributed by atoms with Crippen LogP contribution in [0.2, 0.25) is 0 Å². The first kappa shape index (κ1) is 20.9. The smallest absolute Gasteiger partial charge is 0.159 e. The summed E-state index contributed by atoms with van der Waals surface area (Å²) in [6.45, 7) is 4.17. The lowest BCUT2D eigenvalue weighted by Gasteiger charge is -2.10. The number of anilines is 1. The van der Waals surface area contributed by atoms with Crippen LogP contribution in [0.4, 0.5) is 10.1 Å². The van der Waals surface area contributed by atoms with E-state index in [4.69, 9.17) is 4.98 Å². The Bertz CT molecular complexity index is 1670. The summed E-state index contributed by atoms with van der Waals surface area (Å²) >= 11 is 0. The number of nitrogens with one attached hydrogen (secondary N) is 3. The number of rotatable bonds is 5. The molecule has 0 aliphatic carbocycles. The van der Waals surface area contributed by atoms with Gasteiger partial charge in [-0.2, -0.15) is 5.10 Å². The van der Waals surface area contributed by atoms with E-state index in [9.17, 15) is 4.39 Å². The minimum atomic E-state index is -0.296. The van der Waals surface area contributed by atoms with Gasteiger partial charge < -0.3 is 10.3 Å². The Hall–Kier alpha value is -4.66. The van der Waals surface area contributed by atoms with Gasteiger partial charge in [0.15, 0.2) is 11.5 Å². The Balaban J connectivity index is 1.44. The zero-order valence-corrected chi connectivity index (χ0v) is 19.0. The van der Waals surface area contributed by atoms with Gasteiger partial charge >= 0.3 is 0 Å². The average Bonchev–Trinajstić information content (AvgIpc) is 3.48. The summed E-state index contributed by atoms with van der Waals surface area (Å²) < 4.78 is 13.4. The van der Waals surface area contributed by atoms with Crippen LogP contribution in [-0.4, -0.2) is 41.2 Å². The van der Waals surface area contributed by atoms with Crippen LogP contribution < -0.4 is 5.32 Å². The number of fused-ring (bicyclic) bond motifs is 2. The molecular weight excluding hydrogens is 443 g/mol. The van der Waals surface area contributed by atoms with Crippen molar-refractivity contribution in [1.82, 2.24) is 35.1 Å². The van der Waals surface area contributed by atoms with Crippen molar-refractivity contribution in [1.29, 1.82) is 0 Å². The van der Waals surface area contributed by atoms with E-state index < -0.39 is 0 Å². The van der Waals surface area contributed by atoms with Crippen LogP contribution in [0, 0.1) is 5.82 Å². The Morgan fingerprint density at radius 3 is 2.54 bits per heavy atom. The fourth-order valence-electron chi connectivity index (χ4n) is 4.12. The van der Waals surface area contributed by atoms with Crippen LogP contribution in [0.25, 0.3) is 56.0 Å². The van der Waals surface area contributed by atoms with Gasteiger partial charge in [0.1, 0.15) is 17.0 Å². The lowest BCUT2D eigenvalue weighted by Crippen LogP contribution is -2.09. The van der Waals surface area contributed by atoms with E-state index in [2.05, 4.69) is 55.4 Å². The predicted molar refractivity (Wildman–Crippen MR) is 134 cm³/mol. The maximum absolute atomic E-state index is 13.4. The van der Waals surface area contributed by atoms with E-state index in [1.807, 2.05) is 18.3 Å². The first-order chi connectivity index (χ1) is 17.0. The quantitative estimate of drug-likeness (QED) is 0.307. The van der Waals surface area contributed by atoms with Crippen LogP contribution in [0.15, 0.2) is 67.3 Å². The molecule has 0 radical (unpaired) electrons. The summed E-state index contributed by atoms with van der Waals surface area (Å²) in [5, 5.41) is 11.7. The van der Waals surface area contributed by atoms with Crippen LogP contribution in [0.1, 0.15) is 13.8 Å². The molecule has 35 heavy (non-hydrogen) atoms. The molecule has 0 saturated carbocycles. The third-order valence-electron chi connectivity index (χ3n) is 5.69. The molecule has 0 atom stereocenters. The van der Waals surface area contributed by atoms with Crippen molar-refractivity contribution in [2.45, 2.75) is 19.9 Å². The maximum atomic E-state index is 13.4. The first-order valence-electron chi connectivity index (χ1n) is 11.2. The SMILES string of the molecule is CC(C)Nc1cncc(-c2cnc3[nH]nc(-c4nc5c(-c6ccc(F)cc6)nccc5[nH]4)c3c2)c1. The number of halogens is 1. The minimum Gasteiger partial charge on any atom is -0.382 e. The van der Waals surface area contributed by atoms with Crippen molar-refractivity contribution in [2.24, 2.45) is 0 Å². The van der Waals surface area contributed by atoms with E-state index in [1.54, 1.807) is 30.7 Å². The zero-order valence-electron chi connectivity index (χ0n) is 19.0. The molecule has 0 unspecified atom stereocenters. The van der Waals surface area contributed by atoms with E-state index >= 15 is 0 Å². The molecule has 0 aliphatic rings. The van der Waals surface area contributed by atoms with Gasteiger partial charge in [0, 0.05) is 47.5 Å². The molecule has 0 spiro atoms. The van der Waals surface area contributed by atoms with Crippen LogP contribution in [0.5, 0.6) is 0 Å². The summed E-state index contributed by atoms with van der Waals surface area (Å²) in [6.07, 6.45) is 7.13. The monoisotopic (exact) mass is 464 g/mol. The van der Waals surface area contributed by atoms with Crippen molar-refractivity contribution in [2.75, 3.05) is 5.32 Å². The third-order valence-corrected chi connectivity index (χ3v) is 5.69. The minimum absolute atomic E-state index is 0.296. The van der Waals surface area contributed by atoms with Gasteiger partial charge in [0.25, 0.3) is 0 Å². The molecule has 8 nitrogen and oxygen atoms in total. The van der Waals surface area contributed by atoms with Crippen LogP contribution in [0.3, 0.4) is 0 Å². The molecular formula is C26H21FN8. The highest BCUT2D eigenvalue weighted by atomic mass is 19.1. The number of hydrogen-bond acceptors (Lipinski definition) is 6. The fraction of sp³-hybridized carbons (Fsp3) is 0.115. The number of aromatic amines is 2. The summed E-state index contributed by atoms with van der Waals surface area (Å²) in [5.41, 5.74) is 7.08. The standard InChI is InChI=1S/C26H21FN8/c1-14(2)31-19-9-16(11-28-13-19)17-10-20-23(34-35-25(20)30-12-17)26-32-21-7-8-29-22(24(21)33-26)15-3-5-18(27)6-4-15/h3-14,31H,1-2H3,(H,32,33)(H,30,34,35). The summed E-state index contributed by atoms with van der Waals surface area (Å²) in [6, 6.07) is 12.5. The van der Waals surface area contributed by atoms with E-state index in [0.717, 1.165) is 33.3 Å². The maximum Gasteiger partial charge on any atom is 0.159 e. The highest BCUT2D eigenvalue weighted by molar-refractivity contribution is 5.96. The average molecular weight is 465 g/mol. The van der Waals surface area contributed by atoms with Crippen molar-refractivity contribution < 1.29 is 4.39 Å². The van der Waals surface area contributed by atoms with Gasteiger partial charge in [-0.25, -0.2) is 14.4 Å². The molecule has 6 rings (SSSR count). The lowest BCUT2D eigenvalue weighted by molar-refractivity contribution is 0.628. The molecule has 3 N–H and O–H groups in total. The second-order valence-corrected chi connectivity index (χ2v) is 8.60. The summed E-state index contributed by atoms with van der Waals surface area (Å²) in [5.74, 6) is 0.297. The van der Waals surface area contributed by atoms with Crippen molar-refractivity contribution in [3.05, 3.63) is 73.1 Å². The Morgan fingerprint density at radius 1 is 0.886 bits per heavy atom. The number of hydrogen-bond donors (Lipinski definition) is 3. The zero-order chi connectivity index (χ0) is 23.9. The fourth-order valence-corrected chi connectivity index (χ4v) is 4.12. The van der Waals surface area contributed by atoms with E-state index in [1.165, 1.54) is 12.1 Å². The molecule has 9 heteroatoms. The largest absolute Gasteiger partial charge is 0.382 e. The molecule has 6 aromatic rings. The molecule has 5 heterocycles. The number of aromatic nitrogens is 7. The van der Waals surface area contributed by atoms with Gasteiger partial charge in [-0.15, -0.1) is 0 Å². The number of imidazole rings is 1. The summed E-state index contributed by atoms with van der Waals surface area (Å²) in [4.78, 5) is 21.6. The number of nitrogens with zero attached hydrogens (tertiary/aromatic N) is 5. The van der Waals surface area contributed by atoms with Crippen LogP contribution in [-0.2, 0) is 0 Å². The van der Waals surface area contributed by atoms with Gasteiger partial charge in [-0.1, -0.05) is 0 Å². The molecule has 0 fully saturated rings. The normalized spacial score (nSPS) is 11.5. The van der Waals surface area contributed by atoms with Gasteiger partial charge in [0.2, 0.25) is 0 Å². The Morgan fingerprint density at radius 2 is 1.71 bits per heavy atom. The van der Waals surface area contributed by atoms with Crippen molar-refractivity contribution >= 4 is 27.8 Å². The Labute approximate surface area is 199 Å². The molecule has 5 aromatic heterocycles. The van der Waals surface area contributed by atoms with Gasteiger partial charge in [-0.3, -0.25) is 15.1 Å². The molecule has 1 aromatic carbocycles. The van der Waals surface area contributed by atoms with Gasteiger partial charge in [0.05, 0.1) is 22.3 Å². The lowest BCUT2D eigenvalue weighted by atomic mass is 10.1. The topological polar surface area (TPSA) is 108 Å². The van der Waals surface area contributed by atoms with Crippen molar-refractivity contribution in [3.63, 3.8) is 0 Å². The van der Waals surface area contributed by atoms with E-state index in [0.29, 0.717) is 34.4 Å². The van der Waals surface area contributed by atoms with Gasteiger partial charge in [-0.05, 0) is 56.3 Å². The highest BCUT2D eigenvalue weighted by Crippen LogP contribution is 2.32. The molecule has 172 valence electrons. The molecule has 0 saturated heterocycles. The predicted octanol–water partition coefficient (Wildman–Crippen LogP) is 5.58. The first-order valence-corrected chi connectivity index (χ1v) is 11.2. The summed E-state index contributed by atoms with van der Waals surface area (Å²) in [7, 11) is 0. The number of pyridine rings is 3. The molecule has 0 amide bonds. The third kappa shape index (κ3) is 3.86. The number of H-pyrrole nitrogens is 2. The van der Waals surface area contributed by atoms with E-state index in [-0.39, 0.29) is 5.82 Å². The number of benzene rings is 1. The highest BCUT2D eigenvalue weighted by Gasteiger charge is 2.17. The van der Waals surface area contributed by atoms with Crippen LogP contribution >= 0.6 is 0 Å². The molecule has 0 aliphatic heterocycles.